The molecule has 0 radical (unpaired) electrons. The van der Waals surface area contributed by atoms with E-state index < -0.39 is 12.7 Å². The fourth-order valence-corrected chi connectivity index (χ4v) is 3.82. The Morgan fingerprint density at radius 2 is 1.84 bits per heavy atom. The third-order valence-electron chi connectivity index (χ3n) is 5.57. The summed E-state index contributed by atoms with van der Waals surface area (Å²) in [4.78, 5) is 4.77. The van der Waals surface area contributed by atoms with Crippen molar-refractivity contribution in [2.24, 2.45) is 5.73 Å². The number of aromatic nitrogens is 3. The van der Waals surface area contributed by atoms with Gasteiger partial charge in [-0.05, 0) is 54.5 Å². The predicted octanol–water partition coefficient (Wildman–Crippen LogP) is 4.77. The summed E-state index contributed by atoms with van der Waals surface area (Å²) in [6.45, 7) is 6.78. The van der Waals surface area contributed by atoms with Gasteiger partial charge in [0.2, 0.25) is 0 Å². The van der Waals surface area contributed by atoms with E-state index in [-0.39, 0.29) is 23.4 Å². The summed E-state index contributed by atoms with van der Waals surface area (Å²) in [6.07, 6.45) is -2.60. The number of fused-ring (bicyclic) bond motifs is 1. The number of hydrogen-bond donors (Lipinski definition) is 3. The Kier molecular flexibility index (Phi) is 5.52. The van der Waals surface area contributed by atoms with E-state index in [4.69, 9.17) is 15.1 Å². The van der Waals surface area contributed by atoms with E-state index in [1.807, 2.05) is 27.7 Å². The zero-order chi connectivity index (χ0) is 23.3. The first-order valence-electron chi connectivity index (χ1n) is 10.5. The summed E-state index contributed by atoms with van der Waals surface area (Å²) in [6, 6.07) is 5.97. The van der Waals surface area contributed by atoms with Gasteiger partial charge in [0.15, 0.2) is 0 Å². The summed E-state index contributed by atoms with van der Waals surface area (Å²) in [5.41, 5.74) is 8.75. The molecule has 32 heavy (non-hydrogen) atoms. The van der Waals surface area contributed by atoms with Crippen molar-refractivity contribution in [3.8, 4) is 11.6 Å². The molecule has 1 saturated carbocycles. The van der Waals surface area contributed by atoms with E-state index in [0.717, 1.165) is 29.4 Å². The van der Waals surface area contributed by atoms with E-state index >= 15 is 0 Å². The highest BCUT2D eigenvalue weighted by molar-refractivity contribution is 5.90. The second kappa shape index (κ2) is 7.91. The van der Waals surface area contributed by atoms with Crippen LogP contribution in [0.1, 0.15) is 44.7 Å². The molecule has 1 aromatic carbocycles. The highest BCUT2D eigenvalue weighted by Crippen LogP contribution is 2.35. The van der Waals surface area contributed by atoms with Gasteiger partial charge in [-0.1, -0.05) is 25.9 Å². The molecule has 4 N–H and O–H groups in total. The molecule has 0 aliphatic heterocycles. The summed E-state index contributed by atoms with van der Waals surface area (Å²) in [5.74, 6) is 0.278. The molecule has 10 heteroatoms. The van der Waals surface area contributed by atoms with Crippen LogP contribution in [0.25, 0.3) is 22.5 Å². The van der Waals surface area contributed by atoms with Gasteiger partial charge < -0.3 is 20.8 Å². The van der Waals surface area contributed by atoms with E-state index in [1.54, 1.807) is 18.2 Å². The van der Waals surface area contributed by atoms with Crippen molar-refractivity contribution < 1.29 is 17.6 Å². The molecule has 0 spiro atoms. The van der Waals surface area contributed by atoms with Crippen molar-refractivity contribution >= 4 is 22.6 Å². The summed E-state index contributed by atoms with van der Waals surface area (Å²) in [7, 11) is 0. The van der Waals surface area contributed by atoms with Gasteiger partial charge in [-0.2, -0.15) is 13.2 Å². The molecule has 0 atom stereocenters. The zero-order valence-electron chi connectivity index (χ0n) is 18.5. The first kappa shape index (κ1) is 22.3. The Hall–Kier alpha value is -2.88. The standard InChI is InChI=1S/C22H27F3N6O/c1-11-5-17(19-30-31-20(32-19)28-14-6-12(26)7-14)29-18-15(11)8-13(27-10-22(23,24)25)9-16(18)21(2,3)4/h5,8-9,12,14,27H,6-7,10,26H2,1-4H3,(H,28,31). The maximum absolute atomic E-state index is 12.7. The lowest BCUT2D eigenvalue weighted by molar-refractivity contribution is -0.115. The van der Waals surface area contributed by atoms with E-state index in [2.05, 4.69) is 20.8 Å². The minimum atomic E-state index is -4.30. The third-order valence-corrected chi connectivity index (χ3v) is 5.57. The van der Waals surface area contributed by atoms with Crippen LogP contribution >= 0.6 is 0 Å². The van der Waals surface area contributed by atoms with Crippen LogP contribution in [0, 0.1) is 6.92 Å². The molecule has 2 aromatic heterocycles. The largest absolute Gasteiger partial charge is 0.405 e. The number of nitrogens with zero attached hydrogens (tertiary/aromatic N) is 3. The topological polar surface area (TPSA) is 102 Å². The van der Waals surface area contributed by atoms with Gasteiger partial charge in [-0.3, -0.25) is 0 Å². The predicted molar refractivity (Wildman–Crippen MR) is 118 cm³/mol. The van der Waals surface area contributed by atoms with Crippen LogP contribution in [-0.2, 0) is 5.41 Å². The molecule has 0 amide bonds. The van der Waals surface area contributed by atoms with Gasteiger partial charge in [0.05, 0.1) is 5.52 Å². The molecular formula is C22H27F3N6O. The van der Waals surface area contributed by atoms with E-state index in [0.29, 0.717) is 22.9 Å². The van der Waals surface area contributed by atoms with Crippen LogP contribution in [0.3, 0.4) is 0 Å². The van der Waals surface area contributed by atoms with Crippen LogP contribution in [0.5, 0.6) is 0 Å². The van der Waals surface area contributed by atoms with Gasteiger partial charge in [0.1, 0.15) is 12.2 Å². The molecule has 2 heterocycles. The van der Waals surface area contributed by atoms with Crippen molar-refractivity contribution in [3.63, 3.8) is 0 Å². The molecule has 3 aromatic rings. The fraction of sp³-hybridized carbons (Fsp3) is 0.500. The maximum atomic E-state index is 12.7. The summed E-state index contributed by atoms with van der Waals surface area (Å²) < 4.78 is 43.9. The van der Waals surface area contributed by atoms with Crippen molar-refractivity contribution in [2.75, 3.05) is 17.2 Å². The summed E-state index contributed by atoms with van der Waals surface area (Å²) >= 11 is 0. The van der Waals surface area contributed by atoms with Crippen LogP contribution in [0.15, 0.2) is 22.6 Å². The number of nitrogens with one attached hydrogen (secondary N) is 2. The van der Waals surface area contributed by atoms with Crippen LogP contribution in [0.2, 0.25) is 0 Å². The lowest BCUT2D eigenvalue weighted by Crippen LogP contribution is -2.44. The number of halogens is 3. The smallest absolute Gasteiger partial charge is 0.402 e. The van der Waals surface area contributed by atoms with Crippen LogP contribution < -0.4 is 16.4 Å². The number of hydrogen-bond acceptors (Lipinski definition) is 7. The number of anilines is 2. The normalized spacial score (nSPS) is 19.1. The Bertz CT molecular complexity index is 1130. The fourth-order valence-electron chi connectivity index (χ4n) is 3.82. The molecule has 0 saturated heterocycles. The van der Waals surface area contributed by atoms with Gasteiger partial charge in [0.25, 0.3) is 5.89 Å². The van der Waals surface area contributed by atoms with Gasteiger partial charge in [-0.25, -0.2) is 4.98 Å². The second-order valence-electron chi connectivity index (χ2n) is 9.45. The van der Waals surface area contributed by atoms with Gasteiger partial charge in [0, 0.05) is 23.2 Å². The zero-order valence-corrected chi connectivity index (χ0v) is 18.5. The average Bonchev–Trinajstić information content (AvgIpc) is 3.12. The van der Waals surface area contributed by atoms with Gasteiger partial charge >= 0.3 is 12.2 Å². The number of pyridine rings is 1. The van der Waals surface area contributed by atoms with Crippen molar-refractivity contribution in [1.29, 1.82) is 0 Å². The van der Waals surface area contributed by atoms with Crippen LogP contribution in [0.4, 0.5) is 24.9 Å². The SMILES string of the molecule is Cc1cc(-c2nnc(NC3CC(N)C3)o2)nc2c(C(C)(C)C)cc(NCC(F)(F)F)cc12. The number of benzene rings is 1. The van der Waals surface area contributed by atoms with Crippen molar-refractivity contribution in [3.05, 3.63) is 29.3 Å². The summed E-state index contributed by atoms with van der Waals surface area (Å²) in [5, 5.41) is 14.6. The van der Waals surface area contributed by atoms with Gasteiger partial charge in [-0.15, -0.1) is 5.10 Å². The Morgan fingerprint density at radius 3 is 2.47 bits per heavy atom. The van der Waals surface area contributed by atoms with Crippen LogP contribution in [-0.4, -0.2) is 40.0 Å². The highest BCUT2D eigenvalue weighted by atomic mass is 19.4. The number of alkyl halides is 3. The average molecular weight is 448 g/mol. The Labute approximate surface area is 184 Å². The lowest BCUT2D eigenvalue weighted by atomic mass is 9.84. The molecule has 1 aliphatic rings. The molecule has 1 fully saturated rings. The number of rotatable bonds is 5. The third kappa shape index (κ3) is 4.79. The first-order valence-corrected chi connectivity index (χ1v) is 10.5. The molecule has 4 rings (SSSR count). The van der Waals surface area contributed by atoms with E-state index in [9.17, 15) is 13.2 Å². The Balaban J connectivity index is 1.71. The Morgan fingerprint density at radius 1 is 1.12 bits per heavy atom. The quantitative estimate of drug-likeness (QED) is 0.517. The minimum Gasteiger partial charge on any atom is -0.402 e. The second-order valence-corrected chi connectivity index (χ2v) is 9.45. The molecule has 1 aliphatic carbocycles. The first-order chi connectivity index (χ1) is 14.9. The lowest BCUT2D eigenvalue weighted by Gasteiger charge is -2.32. The minimum absolute atomic E-state index is 0.200. The molecule has 7 nitrogen and oxygen atoms in total. The van der Waals surface area contributed by atoms with E-state index in [1.165, 1.54) is 0 Å². The molecule has 0 unspecified atom stereocenters. The molecular weight excluding hydrogens is 421 g/mol. The molecule has 172 valence electrons. The van der Waals surface area contributed by atoms with Crippen molar-refractivity contribution in [1.82, 2.24) is 15.2 Å². The molecule has 0 bridgehead atoms. The maximum Gasteiger partial charge on any atom is 0.405 e. The van der Waals surface area contributed by atoms with Crippen molar-refractivity contribution in [2.45, 2.75) is 64.2 Å². The monoisotopic (exact) mass is 448 g/mol. The number of nitrogens with two attached hydrogens (primary N) is 1. The highest BCUT2D eigenvalue weighted by Gasteiger charge is 2.29. The number of aryl methyl sites for hydroxylation is 1.